The second-order valence-electron chi connectivity index (χ2n) is 8.50. The van der Waals surface area contributed by atoms with E-state index < -0.39 is 36.2 Å². The fraction of sp³-hybridized carbons (Fsp3) is 0.333. The molecule has 1 saturated heterocycles. The Morgan fingerprint density at radius 3 is 2.42 bits per heavy atom. The van der Waals surface area contributed by atoms with Crippen molar-refractivity contribution in [3.05, 3.63) is 63.6 Å². The summed E-state index contributed by atoms with van der Waals surface area (Å²) in [5.41, 5.74) is 0.528. The topological polar surface area (TPSA) is 96.0 Å². The molecule has 2 aromatic carbocycles. The van der Waals surface area contributed by atoms with Gasteiger partial charge in [-0.05, 0) is 61.2 Å². The van der Waals surface area contributed by atoms with E-state index in [9.17, 15) is 19.2 Å². The van der Waals surface area contributed by atoms with Crippen LogP contribution in [-0.2, 0) is 19.1 Å². The Hall–Kier alpha value is -2.90. The molecule has 2 aliphatic carbocycles. The fourth-order valence-electron chi connectivity index (χ4n) is 5.14. The average molecular weight is 489 g/mol. The van der Waals surface area contributed by atoms with Crippen molar-refractivity contribution in [2.45, 2.75) is 18.9 Å². The van der Waals surface area contributed by atoms with Crippen molar-refractivity contribution in [2.24, 2.45) is 23.7 Å². The Morgan fingerprint density at radius 1 is 0.970 bits per heavy atom. The molecule has 170 valence electrons. The summed E-state index contributed by atoms with van der Waals surface area (Å²) in [7, 11) is 0. The van der Waals surface area contributed by atoms with E-state index in [0.717, 1.165) is 6.42 Å². The summed E-state index contributed by atoms with van der Waals surface area (Å²) in [6.07, 6.45) is 1.41. The molecule has 1 aliphatic heterocycles. The lowest BCUT2D eigenvalue weighted by Crippen LogP contribution is -2.34. The van der Waals surface area contributed by atoms with Gasteiger partial charge in [-0.2, -0.15) is 0 Å². The van der Waals surface area contributed by atoms with E-state index in [1.165, 1.54) is 42.5 Å². The minimum atomic E-state index is -0.625. The first-order valence-corrected chi connectivity index (χ1v) is 11.2. The highest BCUT2D eigenvalue weighted by Gasteiger charge is 2.64. The van der Waals surface area contributed by atoms with E-state index >= 15 is 0 Å². The maximum Gasteiger partial charge on any atom is 0.343 e. The normalized spacial score (nSPS) is 26.7. The summed E-state index contributed by atoms with van der Waals surface area (Å²) in [4.78, 5) is 49.4. The van der Waals surface area contributed by atoms with Gasteiger partial charge < -0.3 is 14.2 Å². The van der Waals surface area contributed by atoms with Crippen molar-refractivity contribution >= 4 is 46.9 Å². The van der Waals surface area contributed by atoms with Crippen LogP contribution in [-0.4, -0.2) is 36.4 Å². The van der Waals surface area contributed by atoms with Crippen LogP contribution < -0.4 is 4.74 Å². The van der Waals surface area contributed by atoms with Crippen LogP contribution in [0.5, 0.6) is 5.75 Å². The van der Waals surface area contributed by atoms with Gasteiger partial charge in [0.25, 0.3) is 0 Å². The largest absolute Gasteiger partial charge is 0.462 e. The Morgan fingerprint density at radius 2 is 1.70 bits per heavy atom. The zero-order valence-electron chi connectivity index (χ0n) is 17.2. The van der Waals surface area contributed by atoms with Crippen molar-refractivity contribution in [3.63, 3.8) is 0 Å². The van der Waals surface area contributed by atoms with E-state index in [4.69, 9.17) is 37.4 Å². The maximum atomic E-state index is 12.6. The monoisotopic (exact) mass is 488 g/mol. The van der Waals surface area contributed by atoms with Gasteiger partial charge in [0.1, 0.15) is 11.9 Å². The molecule has 3 fully saturated rings. The summed E-state index contributed by atoms with van der Waals surface area (Å²) < 4.78 is 15.9. The molecule has 5 rings (SSSR count). The van der Waals surface area contributed by atoms with E-state index in [-0.39, 0.29) is 40.2 Å². The minimum Gasteiger partial charge on any atom is -0.462 e. The highest BCUT2D eigenvalue weighted by molar-refractivity contribution is 6.42. The second kappa shape index (κ2) is 8.47. The Labute approximate surface area is 198 Å². The third-order valence-electron chi connectivity index (χ3n) is 6.64. The fourth-order valence-corrected chi connectivity index (χ4v) is 5.44. The molecule has 5 atom stereocenters. The maximum absolute atomic E-state index is 12.6. The number of carbonyl (C=O) groups is 4. The number of ether oxygens (including phenoxy) is 3. The summed E-state index contributed by atoms with van der Waals surface area (Å²) in [6.45, 7) is -0.430. The molecule has 2 saturated carbocycles. The van der Waals surface area contributed by atoms with E-state index in [1.54, 1.807) is 0 Å². The first-order chi connectivity index (χ1) is 15.8. The van der Waals surface area contributed by atoms with E-state index in [1.807, 2.05) is 0 Å². The van der Waals surface area contributed by atoms with Gasteiger partial charge in [-0.3, -0.25) is 14.4 Å². The summed E-state index contributed by atoms with van der Waals surface area (Å²) in [5, 5.41) is 0.557. The molecular weight excluding hydrogens is 471 g/mol. The number of benzene rings is 2. The number of halogens is 2. The molecule has 0 amide bonds. The number of ketones is 1. The molecule has 2 aromatic rings. The van der Waals surface area contributed by atoms with Gasteiger partial charge in [0.05, 0.1) is 27.4 Å². The van der Waals surface area contributed by atoms with Gasteiger partial charge in [-0.1, -0.05) is 23.2 Å². The van der Waals surface area contributed by atoms with Crippen LogP contribution in [0.15, 0.2) is 42.5 Å². The quantitative estimate of drug-likeness (QED) is 0.342. The molecule has 9 heteroatoms. The van der Waals surface area contributed by atoms with Crippen LogP contribution in [0.1, 0.15) is 33.6 Å². The van der Waals surface area contributed by atoms with Crippen molar-refractivity contribution in [3.8, 4) is 5.75 Å². The Balaban J connectivity index is 1.16. The molecule has 0 N–H and O–H groups in total. The standard InChI is InChI=1S/C24H18Cl2O7/c25-16-6-3-12(8-17(16)26)22(28)32-14-4-1-11(2-5-14)18(27)10-31-23(29)20-13-7-15-19(9-13)33-24(30)21(15)20/h1-6,8,13,15,19-21H,7,9-10H2/t13-,15+,19+,20-,21-/m1/s1. The van der Waals surface area contributed by atoms with Gasteiger partial charge >= 0.3 is 17.9 Å². The minimum absolute atomic E-state index is 0.0672. The number of rotatable bonds is 6. The summed E-state index contributed by atoms with van der Waals surface area (Å²) >= 11 is 11.8. The SMILES string of the molecule is O=C(COC(=O)[C@@H]1[C@@H]2C[C@@H]3[C@H]1C(=O)O[C@H]3C2)c1ccc(OC(=O)c2ccc(Cl)c(Cl)c2)cc1. The van der Waals surface area contributed by atoms with E-state index in [0.29, 0.717) is 17.0 Å². The first-order valence-electron chi connectivity index (χ1n) is 10.5. The van der Waals surface area contributed by atoms with Gasteiger partial charge in [-0.15, -0.1) is 0 Å². The number of fused-ring (bicyclic) bond motifs is 1. The molecule has 0 radical (unpaired) electrons. The van der Waals surface area contributed by atoms with Crippen molar-refractivity contribution in [1.29, 1.82) is 0 Å². The lowest BCUT2D eigenvalue weighted by molar-refractivity contribution is -0.154. The molecule has 0 spiro atoms. The van der Waals surface area contributed by atoms with Crippen LogP contribution in [0, 0.1) is 23.7 Å². The second-order valence-corrected chi connectivity index (χ2v) is 9.31. The molecule has 2 bridgehead atoms. The predicted molar refractivity (Wildman–Crippen MR) is 116 cm³/mol. The van der Waals surface area contributed by atoms with Crippen LogP contribution in [0.2, 0.25) is 10.0 Å². The Kier molecular flexibility index (Phi) is 5.62. The first kappa shape index (κ1) is 21.9. The van der Waals surface area contributed by atoms with Gasteiger partial charge in [-0.25, -0.2) is 4.79 Å². The molecule has 0 aromatic heterocycles. The average Bonchev–Trinajstić information content (AvgIpc) is 3.42. The molecule has 1 heterocycles. The number of carbonyl (C=O) groups excluding carboxylic acids is 4. The van der Waals surface area contributed by atoms with Crippen molar-refractivity contribution < 1.29 is 33.4 Å². The predicted octanol–water partition coefficient (Wildman–Crippen LogP) is 4.14. The van der Waals surface area contributed by atoms with Crippen LogP contribution in [0.4, 0.5) is 0 Å². The summed E-state index contributed by atoms with van der Waals surface area (Å²) in [5.74, 6) is -2.46. The zero-order chi connectivity index (χ0) is 23.3. The number of esters is 3. The van der Waals surface area contributed by atoms with Crippen LogP contribution in [0.25, 0.3) is 0 Å². The molecular formula is C24H18Cl2O7. The smallest absolute Gasteiger partial charge is 0.343 e. The molecule has 0 unspecified atom stereocenters. The lowest BCUT2D eigenvalue weighted by atomic mass is 9.80. The molecule has 33 heavy (non-hydrogen) atoms. The number of Topliss-reactive ketones (excluding diaryl/α,β-unsaturated/α-hetero) is 1. The highest BCUT2D eigenvalue weighted by Crippen LogP contribution is 2.57. The lowest BCUT2D eigenvalue weighted by Gasteiger charge is -2.22. The number of hydrogen-bond donors (Lipinski definition) is 0. The van der Waals surface area contributed by atoms with Crippen LogP contribution in [0.3, 0.4) is 0 Å². The summed E-state index contributed by atoms with van der Waals surface area (Å²) in [6, 6.07) is 10.3. The Bertz CT molecular complexity index is 1160. The van der Waals surface area contributed by atoms with Crippen molar-refractivity contribution in [1.82, 2.24) is 0 Å². The third-order valence-corrected chi connectivity index (χ3v) is 7.38. The van der Waals surface area contributed by atoms with Gasteiger partial charge in [0, 0.05) is 11.5 Å². The molecule has 7 nitrogen and oxygen atoms in total. The highest BCUT2D eigenvalue weighted by atomic mass is 35.5. The third kappa shape index (κ3) is 4.00. The number of hydrogen-bond acceptors (Lipinski definition) is 7. The van der Waals surface area contributed by atoms with Crippen LogP contribution >= 0.6 is 23.2 Å². The van der Waals surface area contributed by atoms with Crippen molar-refractivity contribution in [2.75, 3.05) is 6.61 Å². The van der Waals surface area contributed by atoms with Gasteiger partial charge in [0.15, 0.2) is 12.4 Å². The van der Waals surface area contributed by atoms with Gasteiger partial charge in [0.2, 0.25) is 0 Å². The van der Waals surface area contributed by atoms with E-state index in [2.05, 4.69) is 0 Å². The molecule has 3 aliphatic rings. The zero-order valence-corrected chi connectivity index (χ0v) is 18.7.